The topological polar surface area (TPSA) is 144 Å². The van der Waals surface area contributed by atoms with Gasteiger partial charge in [0.1, 0.15) is 0 Å². The molecule has 1 saturated heterocycles. The average molecular weight is 346 g/mol. The van der Waals surface area contributed by atoms with E-state index in [-0.39, 0.29) is 32.3 Å². The van der Waals surface area contributed by atoms with E-state index in [0.29, 0.717) is 5.84 Å². The summed E-state index contributed by atoms with van der Waals surface area (Å²) in [5.74, 6) is -0.319. The first kappa shape index (κ1) is 13.7. The molecule has 1 amide bonds. The third-order valence-electron chi connectivity index (χ3n) is 3.33. The van der Waals surface area contributed by atoms with Gasteiger partial charge in [0.25, 0.3) is 0 Å². The number of hydrogen-bond acceptors (Lipinski definition) is 8. The van der Waals surface area contributed by atoms with Crippen molar-refractivity contribution in [2.45, 2.75) is 28.0 Å². The van der Waals surface area contributed by atoms with Gasteiger partial charge >= 0.3 is 119 Å². The monoisotopic (exact) mass is 347 g/mol. The van der Waals surface area contributed by atoms with Gasteiger partial charge in [-0.2, -0.15) is 0 Å². The number of aliphatic hydroxyl groups is 3. The van der Waals surface area contributed by atoms with Gasteiger partial charge in [-0.25, -0.2) is 0 Å². The van der Waals surface area contributed by atoms with E-state index in [4.69, 9.17) is 5.73 Å². The van der Waals surface area contributed by atoms with E-state index in [1.807, 2.05) is 0 Å². The number of carbonyl (C=O) groups is 1. The summed E-state index contributed by atoms with van der Waals surface area (Å²) < 4.78 is 0. The molecule has 0 aliphatic carbocycles. The first-order chi connectivity index (χ1) is 9.52. The SMILES string of the molecule is NC1=NC(=O)C2N=CN([C@@H]3[Se][C@H](CO)[C@@H](O)[C@H]3O)C2=N1. The van der Waals surface area contributed by atoms with Crippen LogP contribution in [0.3, 0.4) is 0 Å². The van der Waals surface area contributed by atoms with Crippen molar-refractivity contribution < 1.29 is 20.1 Å². The Morgan fingerprint density at radius 3 is 2.75 bits per heavy atom. The molecule has 0 bridgehead atoms. The van der Waals surface area contributed by atoms with Crippen molar-refractivity contribution in [3.05, 3.63) is 0 Å². The van der Waals surface area contributed by atoms with Gasteiger partial charge in [0.2, 0.25) is 0 Å². The maximum absolute atomic E-state index is 11.7. The molecule has 20 heavy (non-hydrogen) atoms. The van der Waals surface area contributed by atoms with Gasteiger partial charge in [-0.3, -0.25) is 0 Å². The van der Waals surface area contributed by atoms with Gasteiger partial charge in [0.15, 0.2) is 0 Å². The summed E-state index contributed by atoms with van der Waals surface area (Å²) in [7, 11) is 0. The van der Waals surface area contributed by atoms with Crippen molar-refractivity contribution in [3.63, 3.8) is 0 Å². The van der Waals surface area contributed by atoms with Gasteiger partial charge in [-0.15, -0.1) is 0 Å². The van der Waals surface area contributed by atoms with Crippen molar-refractivity contribution in [1.29, 1.82) is 0 Å². The van der Waals surface area contributed by atoms with Crippen LogP contribution < -0.4 is 5.73 Å². The van der Waals surface area contributed by atoms with Crippen LogP contribution >= 0.6 is 0 Å². The predicted molar refractivity (Wildman–Crippen MR) is 70.6 cm³/mol. The third-order valence-corrected chi connectivity index (χ3v) is 6.61. The summed E-state index contributed by atoms with van der Waals surface area (Å²) in [5.41, 5.74) is 5.47. The Kier molecular flexibility index (Phi) is 3.35. The second kappa shape index (κ2) is 4.90. The van der Waals surface area contributed by atoms with Crippen LogP contribution in [-0.2, 0) is 4.79 Å². The third kappa shape index (κ3) is 1.97. The minimum atomic E-state index is -1.03. The molecule has 3 rings (SSSR count). The van der Waals surface area contributed by atoms with Crippen LogP contribution in [-0.4, -0.2) is 89.0 Å². The van der Waals surface area contributed by atoms with Crippen LogP contribution in [0.15, 0.2) is 15.0 Å². The molecule has 0 aromatic rings. The molecule has 108 valence electrons. The molecule has 10 heteroatoms. The maximum atomic E-state index is 11.7. The molecule has 9 nitrogen and oxygen atoms in total. The molecule has 3 aliphatic rings. The molecule has 3 aliphatic heterocycles. The number of guanidine groups is 1. The molecule has 3 heterocycles. The van der Waals surface area contributed by atoms with E-state index in [1.165, 1.54) is 6.34 Å². The molecular weight excluding hydrogens is 333 g/mol. The second-order valence-corrected chi connectivity index (χ2v) is 7.44. The molecule has 5 atom stereocenters. The van der Waals surface area contributed by atoms with Crippen molar-refractivity contribution in [3.8, 4) is 0 Å². The van der Waals surface area contributed by atoms with Crippen LogP contribution in [0.5, 0.6) is 0 Å². The number of carbonyl (C=O) groups excluding carboxylic acids is 1. The zero-order valence-electron chi connectivity index (χ0n) is 10.2. The Balaban J connectivity index is 1.87. The summed E-state index contributed by atoms with van der Waals surface area (Å²) in [5, 5.41) is 29.2. The molecule has 5 N–H and O–H groups in total. The predicted octanol–water partition coefficient (Wildman–Crippen LogP) is -3.50. The average Bonchev–Trinajstić information content (AvgIpc) is 2.93. The number of aliphatic imine (C=N–C) groups is 3. The summed E-state index contributed by atoms with van der Waals surface area (Å²) >= 11 is -0.261. The molecule has 1 fully saturated rings. The van der Waals surface area contributed by atoms with Crippen LogP contribution in [0, 0.1) is 0 Å². The Labute approximate surface area is 120 Å². The Morgan fingerprint density at radius 1 is 1.35 bits per heavy atom. The first-order valence-electron chi connectivity index (χ1n) is 5.93. The zero-order chi connectivity index (χ0) is 14.4. The van der Waals surface area contributed by atoms with Crippen molar-refractivity contribution in [2.24, 2.45) is 20.7 Å². The number of nitrogens with two attached hydrogens (primary N) is 1. The van der Waals surface area contributed by atoms with Crippen molar-refractivity contribution in [2.75, 3.05) is 6.61 Å². The van der Waals surface area contributed by atoms with Gasteiger partial charge in [-0.05, 0) is 0 Å². The van der Waals surface area contributed by atoms with Gasteiger partial charge in [0, 0.05) is 0 Å². The second-order valence-electron chi connectivity index (χ2n) is 4.58. The van der Waals surface area contributed by atoms with E-state index in [0.717, 1.165) is 0 Å². The van der Waals surface area contributed by atoms with Crippen LogP contribution in [0.2, 0.25) is 4.82 Å². The number of aliphatic hydroxyl groups excluding tert-OH is 3. The molecule has 1 unspecified atom stereocenters. The van der Waals surface area contributed by atoms with E-state index in [1.54, 1.807) is 4.90 Å². The molecule has 0 saturated carbocycles. The Hall–Kier alpha value is -1.32. The fourth-order valence-corrected chi connectivity index (χ4v) is 5.22. The molecular formula is C10H13N5O4Se. The van der Waals surface area contributed by atoms with E-state index in [9.17, 15) is 20.1 Å². The van der Waals surface area contributed by atoms with Crippen LogP contribution in [0.25, 0.3) is 0 Å². The number of fused-ring (bicyclic) bond motifs is 1. The van der Waals surface area contributed by atoms with Gasteiger partial charge in [-0.1, -0.05) is 0 Å². The van der Waals surface area contributed by atoms with Gasteiger partial charge in [0.05, 0.1) is 0 Å². The molecule has 0 aromatic carbocycles. The number of amidine groups is 1. The van der Waals surface area contributed by atoms with Crippen LogP contribution in [0.4, 0.5) is 0 Å². The van der Waals surface area contributed by atoms with E-state index < -0.39 is 29.1 Å². The fourth-order valence-electron chi connectivity index (χ4n) is 2.32. The number of rotatable bonds is 2. The molecule has 0 radical (unpaired) electrons. The number of amides is 1. The summed E-state index contributed by atoms with van der Waals surface area (Å²) in [6.45, 7) is -0.196. The zero-order valence-corrected chi connectivity index (χ0v) is 11.9. The number of hydrogen-bond donors (Lipinski definition) is 4. The summed E-state index contributed by atoms with van der Waals surface area (Å²) in [6, 6.07) is -0.824. The Bertz CT molecular complexity index is 536. The molecule has 0 spiro atoms. The first-order valence-corrected chi connectivity index (χ1v) is 7.91. The van der Waals surface area contributed by atoms with E-state index >= 15 is 0 Å². The van der Waals surface area contributed by atoms with Crippen molar-refractivity contribution >= 4 is 39.0 Å². The summed E-state index contributed by atoms with van der Waals surface area (Å²) in [6.07, 6.45) is -0.615. The van der Waals surface area contributed by atoms with E-state index in [2.05, 4.69) is 15.0 Å². The molecule has 0 aromatic heterocycles. The quantitative estimate of drug-likeness (QED) is 0.382. The fraction of sp³-hybridized carbons (Fsp3) is 0.600. The Morgan fingerprint density at radius 2 is 2.10 bits per heavy atom. The van der Waals surface area contributed by atoms with Crippen LogP contribution in [0.1, 0.15) is 0 Å². The summed E-state index contributed by atoms with van der Waals surface area (Å²) in [4.78, 5) is 24.0. The number of nitrogens with zero attached hydrogens (tertiary/aromatic N) is 4. The standard InChI is InChI=1S/C10H13N5O4Se/c11-10-13-7-4(8(19)14-10)12-2-15(7)9-6(18)5(17)3(1-16)20-9/h2-6,9,16-18H,1H2,(H2,11,14,19)/t3-,4?,5-,6-,9-/m1/s1. The van der Waals surface area contributed by atoms with Gasteiger partial charge < -0.3 is 0 Å². The van der Waals surface area contributed by atoms with Crippen molar-refractivity contribution in [1.82, 2.24) is 4.90 Å². The normalized spacial score (nSPS) is 39.9. The minimum absolute atomic E-state index is 0.143.